The molecule has 20 heavy (non-hydrogen) atoms. The van der Waals surface area contributed by atoms with Gasteiger partial charge in [-0.05, 0) is 11.6 Å². The summed E-state index contributed by atoms with van der Waals surface area (Å²) in [5, 5.41) is -0.0262. The maximum absolute atomic E-state index is 5.74. The Morgan fingerprint density at radius 1 is 0.750 bits per heavy atom. The molecule has 0 spiro atoms. The third kappa shape index (κ3) is 3.39. The van der Waals surface area contributed by atoms with Crippen molar-refractivity contribution in [2.24, 2.45) is 0 Å². The van der Waals surface area contributed by atoms with E-state index in [1.807, 2.05) is 0 Å². The van der Waals surface area contributed by atoms with Gasteiger partial charge in [0.25, 0.3) is 0 Å². The predicted octanol–water partition coefficient (Wildman–Crippen LogP) is 2.34. The van der Waals surface area contributed by atoms with Crippen molar-refractivity contribution >= 4 is 11.6 Å². The number of nitrogens with zero attached hydrogens (tertiary/aromatic N) is 3. The lowest BCUT2D eigenvalue weighted by Crippen LogP contribution is -1.99. The van der Waals surface area contributed by atoms with Gasteiger partial charge in [-0.1, -0.05) is 0 Å². The van der Waals surface area contributed by atoms with Gasteiger partial charge in [-0.2, -0.15) is 9.97 Å². The fraction of sp³-hybridized carbons (Fsp3) is 0.250. The summed E-state index contributed by atoms with van der Waals surface area (Å²) in [4.78, 5) is 11.5. The van der Waals surface area contributed by atoms with Gasteiger partial charge in [0.15, 0.2) is 0 Å². The summed E-state index contributed by atoms with van der Waals surface area (Å²) in [7, 11) is 4.51. The van der Waals surface area contributed by atoms with Crippen molar-refractivity contribution in [1.82, 2.24) is 15.0 Å². The molecule has 0 bridgehead atoms. The normalized spacial score (nSPS) is 10.0. The predicted molar refractivity (Wildman–Crippen MR) is 71.0 cm³/mol. The molecule has 0 aliphatic rings. The molecule has 1 aromatic heterocycles. The van der Waals surface area contributed by atoms with E-state index in [2.05, 4.69) is 15.0 Å². The maximum Gasteiger partial charge on any atom is 0.329 e. The second kappa shape index (κ2) is 6.25. The van der Waals surface area contributed by atoms with E-state index >= 15 is 0 Å². The molecule has 0 fully saturated rings. The van der Waals surface area contributed by atoms with E-state index in [1.54, 1.807) is 32.4 Å². The monoisotopic (exact) mass is 297 g/mol. The quantitative estimate of drug-likeness (QED) is 0.838. The second-order valence-corrected chi connectivity index (χ2v) is 3.86. The number of benzene rings is 1. The first-order valence-electron chi connectivity index (χ1n) is 5.51. The molecule has 106 valence electrons. The number of ether oxygens (including phenoxy) is 4. The number of hydrogen-bond acceptors (Lipinski definition) is 7. The van der Waals surface area contributed by atoms with E-state index in [0.29, 0.717) is 17.2 Å². The standard InChI is InChI=1S/C12H12ClN3O4/c1-17-7-4-8(18-2)6-9(5-7)20-12-15-10(13)14-11(16-12)19-3/h4-6H,1-3H3. The number of rotatable bonds is 5. The molecule has 8 heteroatoms. The van der Waals surface area contributed by atoms with E-state index < -0.39 is 0 Å². The summed E-state index contributed by atoms with van der Waals surface area (Å²) >= 11 is 5.74. The molecule has 0 aliphatic carbocycles. The van der Waals surface area contributed by atoms with Crippen LogP contribution in [0.15, 0.2) is 18.2 Å². The Bertz CT molecular complexity index is 587. The molecule has 2 aromatic rings. The van der Waals surface area contributed by atoms with E-state index in [0.717, 1.165) is 0 Å². The van der Waals surface area contributed by atoms with Crippen molar-refractivity contribution in [1.29, 1.82) is 0 Å². The second-order valence-electron chi connectivity index (χ2n) is 3.52. The molecular weight excluding hydrogens is 286 g/mol. The Hall–Kier alpha value is -2.28. The lowest BCUT2D eigenvalue weighted by Gasteiger charge is -2.09. The highest BCUT2D eigenvalue weighted by molar-refractivity contribution is 6.28. The summed E-state index contributed by atoms with van der Waals surface area (Å²) in [6.45, 7) is 0. The molecule has 0 N–H and O–H groups in total. The van der Waals surface area contributed by atoms with Gasteiger partial charge < -0.3 is 18.9 Å². The van der Waals surface area contributed by atoms with Gasteiger partial charge in [-0.15, -0.1) is 4.98 Å². The van der Waals surface area contributed by atoms with Crippen molar-refractivity contribution in [2.45, 2.75) is 0 Å². The Balaban J connectivity index is 2.31. The molecule has 2 rings (SSSR count). The van der Waals surface area contributed by atoms with Crippen LogP contribution >= 0.6 is 11.6 Å². The number of hydrogen-bond donors (Lipinski definition) is 0. The lowest BCUT2D eigenvalue weighted by molar-refractivity contribution is 0.355. The molecule has 1 heterocycles. The van der Waals surface area contributed by atoms with Crippen LogP contribution in [0.25, 0.3) is 0 Å². The molecular formula is C12H12ClN3O4. The number of methoxy groups -OCH3 is 3. The van der Waals surface area contributed by atoms with Crippen LogP contribution in [0.5, 0.6) is 29.3 Å². The zero-order chi connectivity index (χ0) is 14.5. The van der Waals surface area contributed by atoms with Crippen molar-refractivity contribution in [3.05, 3.63) is 23.5 Å². The van der Waals surface area contributed by atoms with Crippen LogP contribution in [0.1, 0.15) is 0 Å². The zero-order valence-electron chi connectivity index (χ0n) is 11.1. The summed E-state index contributed by atoms with van der Waals surface area (Å²) in [6.07, 6.45) is 0. The average molecular weight is 298 g/mol. The minimum atomic E-state index is -0.0262. The highest BCUT2D eigenvalue weighted by Crippen LogP contribution is 2.30. The molecule has 1 aromatic carbocycles. The molecule has 0 amide bonds. The van der Waals surface area contributed by atoms with Gasteiger partial charge >= 0.3 is 12.0 Å². The maximum atomic E-state index is 5.74. The van der Waals surface area contributed by atoms with Crippen LogP contribution < -0.4 is 18.9 Å². The topological polar surface area (TPSA) is 75.6 Å². The van der Waals surface area contributed by atoms with Crippen LogP contribution in [0.3, 0.4) is 0 Å². The van der Waals surface area contributed by atoms with Crippen molar-refractivity contribution in [3.63, 3.8) is 0 Å². The molecule has 0 atom stereocenters. The van der Waals surface area contributed by atoms with Crippen LogP contribution in [0.2, 0.25) is 5.28 Å². The average Bonchev–Trinajstić information content (AvgIpc) is 2.46. The third-order valence-electron chi connectivity index (χ3n) is 2.28. The highest BCUT2D eigenvalue weighted by atomic mass is 35.5. The molecule has 0 saturated carbocycles. The zero-order valence-corrected chi connectivity index (χ0v) is 11.8. The Morgan fingerprint density at radius 2 is 1.30 bits per heavy atom. The van der Waals surface area contributed by atoms with E-state index in [9.17, 15) is 0 Å². The van der Waals surface area contributed by atoms with E-state index in [-0.39, 0.29) is 17.3 Å². The van der Waals surface area contributed by atoms with Gasteiger partial charge in [0.05, 0.1) is 21.3 Å². The molecule has 0 radical (unpaired) electrons. The van der Waals surface area contributed by atoms with E-state index in [4.69, 9.17) is 30.5 Å². The van der Waals surface area contributed by atoms with Crippen LogP contribution in [-0.4, -0.2) is 36.3 Å². The van der Waals surface area contributed by atoms with Crippen molar-refractivity contribution in [2.75, 3.05) is 21.3 Å². The minimum Gasteiger partial charge on any atom is -0.496 e. The lowest BCUT2D eigenvalue weighted by atomic mass is 10.3. The molecule has 0 aliphatic heterocycles. The SMILES string of the molecule is COc1cc(OC)cc(Oc2nc(Cl)nc(OC)n2)c1. The smallest absolute Gasteiger partial charge is 0.329 e. The summed E-state index contributed by atoms with van der Waals surface area (Å²) in [5.74, 6) is 1.59. The third-order valence-corrected chi connectivity index (χ3v) is 2.45. The Labute approximate surface area is 120 Å². The summed E-state index contributed by atoms with van der Waals surface area (Å²) < 4.78 is 20.7. The van der Waals surface area contributed by atoms with Crippen LogP contribution in [-0.2, 0) is 0 Å². The molecule has 0 unspecified atom stereocenters. The fourth-order valence-electron chi connectivity index (χ4n) is 1.40. The van der Waals surface area contributed by atoms with Gasteiger partial charge in [0, 0.05) is 18.2 Å². The first kappa shape index (κ1) is 14.1. The number of aromatic nitrogens is 3. The van der Waals surface area contributed by atoms with Crippen molar-refractivity contribution in [3.8, 4) is 29.3 Å². The van der Waals surface area contributed by atoms with Gasteiger partial charge in [0.1, 0.15) is 17.2 Å². The fourth-order valence-corrected chi connectivity index (χ4v) is 1.54. The van der Waals surface area contributed by atoms with Crippen LogP contribution in [0, 0.1) is 0 Å². The molecule has 7 nitrogen and oxygen atoms in total. The van der Waals surface area contributed by atoms with Gasteiger partial charge in [-0.3, -0.25) is 0 Å². The van der Waals surface area contributed by atoms with E-state index in [1.165, 1.54) is 7.11 Å². The first-order valence-corrected chi connectivity index (χ1v) is 5.89. The highest BCUT2D eigenvalue weighted by Gasteiger charge is 2.09. The molecule has 0 saturated heterocycles. The summed E-state index contributed by atoms with van der Waals surface area (Å²) in [6, 6.07) is 5.11. The largest absolute Gasteiger partial charge is 0.496 e. The Morgan fingerprint density at radius 3 is 1.85 bits per heavy atom. The van der Waals surface area contributed by atoms with Crippen LogP contribution in [0.4, 0.5) is 0 Å². The van der Waals surface area contributed by atoms with Gasteiger partial charge in [0.2, 0.25) is 5.28 Å². The minimum absolute atomic E-state index is 0.0113. The number of halogens is 1. The summed E-state index contributed by atoms with van der Waals surface area (Å²) in [5.41, 5.74) is 0. The van der Waals surface area contributed by atoms with Crippen molar-refractivity contribution < 1.29 is 18.9 Å². The first-order chi connectivity index (χ1) is 9.64. The van der Waals surface area contributed by atoms with Gasteiger partial charge in [-0.25, -0.2) is 0 Å². The Kier molecular flexibility index (Phi) is 4.41.